The molecule has 1 aliphatic rings. The van der Waals surface area contributed by atoms with E-state index in [1.54, 1.807) is 6.33 Å². The third-order valence-corrected chi connectivity index (χ3v) is 4.91. The first kappa shape index (κ1) is 14.7. The fourth-order valence-corrected chi connectivity index (χ4v) is 3.52. The topological polar surface area (TPSA) is 57.5 Å². The summed E-state index contributed by atoms with van der Waals surface area (Å²) in [6.07, 6.45) is 6.39. The van der Waals surface area contributed by atoms with Gasteiger partial charge in [0.15, 0.2) is 0 Å². The van der Waals surface area contributed by atoms with Crippen LogP contribution in [0.4, 0.5) is 11.4 Å². The number of hydrogen-bond acceptors (Lipinski definition) is 3. The van der Waals surface area contributed by atoms with Gasteiger partial charge in [0.05, 0.1) is 17.2 Å². The number of hydrogen-bond donors (Lipinski definition) is 2. The number of H-pyrrole nitrogens is 1. The average Bonchev–Trinajstić information content (AvgIpc) is 3.32. The molecule has 25 heavy (non-hydrogen) atoms. The molecule has 1 fully saturated rings. The van der Waals surface area contributed by atoms with Crippen LogP contribution in [0, 0.1) is 6.92 Å². The molecule has 0 aliphatic heterocycles. The van der Waals surface area contributed by atoms with Gasteiger partial charge in [0.2, 0.25) is 5.52 Å². The predicted molar refractivity (Wildman–Crippen MR) is 99.3 cm³/mol. The quantitative estimate of drug-likeness (QED) is 0.537. The monoisotopic (exact) mass is 350 g/mol. The van der Waals surface area contributed by atoms with Crippen LogP contribution in [0.5, 0.6) is 0 Å². The molecule has 1 aliphatic carbocycles. The lowest BCUT2D eigenvalue weighted by atomic mass is 10.1. The van der Waals surface area contributed by atoms with Crippen LogP contribution in [0.1, 0.15) is 24.7 Å². The van der Waals surface area contributed by atoms with Gasteiger partial charge in [-0.25, -0.2) is 9.55 Å². The maximum atomic E-state index is 6.13. The summed E-state index contributed by atoms with van der Waals surface area (Å²) in [5, 5.41) is 5.26. The van der Waals surface area contributed by atoms with Crippen LogP contribution >= 0.6 is 11.6 Å². The normalized spacial score (nSPS) is 14.3. The number of imidazole rings is 1. The minimum atomic E-state index is 0.596. The second-order valence-corrected chi connectivity index (χ2v) is 6.99. The van der Waals surface area contributed by atoms with E-state index in [4.69, 9.17) is 16.6 Å². The Morgan fingerprint density at radius 1 is 1.24 bits per heavy atom. The lowest BCUT2D eigenvalue weighted by Crippen LogP contribution is -2.36. The lowest BCUT2D eigenvalue weighted by Gasteiger charge is -2.09. The molecule has 1 saturated carbocycles. The van der Waals surface area contributed by atoms with Crippen molar-refractivity contribution >= 4 is 44.9 Å². The Balaban J connectivity index is 1.75. The van der Waals surface area contributed by atoms with Gasteiger partial charge in [-0.1, -0.05) is 17.7 Å². The Labute approximate surface area is 149 Å². The Morgan fingerprint density at radius 2 is 2.12 bits per heavy atom. The number of halogens is 1. The Hall–Kier alpha value is -2.66. The Bertz CT molecular complexity index is 1110. The number of aromatic nitrogens is 4. The highest BCUT2D eigenvalue weighted by Crippen LogP contribution is 2.34. The molecule has 2 heterocycles. The van der Waals surface area contributed by atoms with Crippen LogP contribution in [0.3, 0.4) is 0 Å². The molecular weight excluding hydrogens is 334 g/mol. The van der Waals surface area contributed by atoms with Gasteiger partial charge >= 0.3 is 0 Å². The van der Waals surface area contributed by atoms with Gasteiger partial charge in [0, 0.05) is 17.6 Å². The molecule has 0 atom stereocenters. The molecule has 124 valence electrons. The Kier molecular flexibility index (Phi) is 3.18. The summed E-state index contributed by atoms with van der Waals surface area (Å²) in [7, 11) is 0. The first-order valence-electron chi connectivity index (χ1n) is 8.40. The third-order valence-electron chi connectivity index (χ3n) is 4.68. The highest BCUT2D eigenvalue weighted by Gasteiger charge is 2.31. The molecule has 5 rings (SSSR count). The summed E-state index contributed by atoms with van der Waals surface area (Å²) in [6.45, 7) is 2.07. The number of fused-ring (bicyclic) bond motifs is 2. The van der Waals surface area contributed by atoms with E-state index in [0.29, 0.717) is 11.1 Å². The molecule has 0 bridgehead atoms. The van der Waals surface area contributed by atoms with Crippen LogP contribution < -0.4 is 9.88 Å². The average molecular weight is 351 g/mol. The lowest BCUT2D eigenvalue weighted by molar-refractivity contribution is -0.707. The second kappa shape index (κ2) is 5.43. The van der Waals surface area contributed by atoms with Crippen LogP contribution in [0.15, 0.2) is 42.9 Å². The van der Waals surface area contributed by atoms with Crippen LogP contribution in [-0.2, 0) is 0 Å². The van der Waals surface area contributed by atoms with Gasteiger partial charge in [-0.3, -0.25) is 0 Å². The van der Waals surface area contributed by atoms with Crippen molar-refractivity contribution in [3.8, 4) is 0 Å². The second-order valence-electron chi connectivity index (χ2n) is 6.55. The standard InChI is InChI=1S/C19H16ClN5/c1-11-23-17-12(9-25(11)15-5-6-15)7-16-18(22-10-21-16)19(17)24-14-4-2-3-13(20)8-14/h2-4,7-10,15,24H,5-6H2,1H3/p+1. The van der Waals surface area contributed by atoms with Crippen molar-refractivity contribution in [1.29, 1.82) is 0 Å². The molecule has 4 aromatic rings. The zero-order valence-electron chi connectivity index (χ0n) is 13.8. The minimum Gasteiger partial charge on any atom is -0.350 e. The van der Waals surface area contributed by atoms with Crippen molar-refractivity contribution in [3.63, 3.8) is 0 Å². The van der Waals surface area contributed by atoms with Gasteiger partial charge in [-0.2, -0.15) is 0 Å². The maximum absolute atomic E-state index is 6.13. The number of benzene rings is 2. The highest BCUT2D eigenvalue weighted by molar-refractivity contribution is 6.30. The summed E-state index contributed by atoms with van der Waals surface area (Å²) in [6, 6.07) is 10.4. The molecule has 5 nitrogen and oxygen atoms in total. The van der Waals surface area contributed by atoms with Gasteiger partial charge in [0.25, 0.3) is 5.82 Å². The predicted octanol–water partition coefficient (Wildman–Crippen LogP) is 4.44. The summed E-state index contributed by atoms with van der Waals surface area (Å²) in [5.74, 6) is 1.03. The van der Waals surface area contributed by atoms with Gasteiger partial charge in [-0.05, 0) is 42.1 Å². The number of rotatable bonds is 3. The summed E-state index contributed by atoms with van der Waals surface area (Å²) >= 11 is 6.13. The van der Waals surface area contributed by atoms with E-state index in [1.807, 2.05) is 24.3 Å². The van der Waals surface area contributed by atoms with Crippen molar-refractivity contribution in [3.05, 3.63) is 53.7 Å². The van der Waals surface area contributed by atoms with Crippen LogP contribution in [-0.4, -0.2) is 15.0 Å². The number of nitrogens with zero attached hydrogens (tertiary/aromatic N) is 3. The molecule has 0 amide bonds. The highest BCUT2D eigenvalue weighted by atomic mass is 35.5. The van der Waals surface area contributed by atoms with E-state index >= 15 is 0 Å². The number of anilines is 2. The van der Waals surface area contributed by atoms with Gasteiger partial charge < -0.3 is 10.3 Å². The van der Waals surface area contributed by atoms with Crippen molar-refractivity contribution < 1.29 is 4.57 Å². The van der Waals surface area contributed by atoms with E-state index in [0.717, 1.165) is 39.1 Å². The molecule has 2 N–H and O–H groups in total. The maximum Gasteiger partial charge on any atom is 0.296 e. The SMILES string of the molecule is Cc1nc2c(Nc3cccc(Cl)c3)c3nc[nH]c3cc2c[n+]1C1CC1. The number of aryl methyl sites for hydroxylation is 1. The van der Waals surface area contributed by atoms with Crippen molar-refractivity contribution in [2.45, 2.75) is 25.8 Å². The summed E-state index contributed by atoms with van der Waals surface area (Å²) in [4.78, 5) is 12.6. The fraction of sp³-hybridized carbons (Fsp3) is 0.211. The Morgan fingerprint density at radius 3 is 2.92 bits per heavy atom. The molecule has 6 heteroatoms. The zero-order chi connectivity index (χ0) is 17.0. The van der Waals surface area contributed by atoms with Crippen LogP contribution in [0.2, 0.25) is 5.02 Å². The molecule has 2 aromatic carbocycles. The summed E-state index contributed by atoms with van der Waals surface area (Å²) in [5.41, 5.74) is 4.62. The first-order chi connectivity index (χ1) is 12.2. The smallest absolute Gasteiger partial charge is 0.296 e. The van der Waals surface area contributed by atoms with E-state index in [2.05, 4.69) is 39.0 Å². The number of aromatic amines is 1. The molecule has 0 radical (unpaired) electrons. The van der Waals surface area contributed by atoms with E-state index in [-0.39, 0.29) is 0 Å². The summed E-state index contributed by atoms with van der Waals surface area (Å²) < 4.78 is 2.29. The first-order valence-corrected chi connectivity index (χ1v) is 8.78. The largest absolute Gasteiger partial charge is 0.350 e. The van der Waals surface area contributed by atoms with Gasteiger partial charge in [0.1, 0.15) is 23.4 Å². The van der Waals surface area contributed by atoms with Gasteiger partial charge in [-0.15, -0.1) is 0 Å². The minimum absolute atomic E-state index is 0.596. The van der Waals surface area contributed by atoms with Crippen molar-refractivity contribution in [2.24, 2.45) is 0 Å². The third kappa shape index (κ3) is 2.51. The fourth-order valence-electron chi connectivity index (χ4n) is 3.33. The van der Waals surface area contributed by atoms with Crippen molar-refractivity contribution in [1.82, 2.24) is 15.0 Å². The van der Waals surface area contributed by atoms with Crippen LogP contribution in [0.25, 0.3) is 21.9 Å². The molecule has 0 saturated heterocycles. The van der Waals surface area contributed by atoms with E-state index in [1.165, 1.54) is 12.8 Å². The van der Waals surface area contributed by atoms with E-state index < -0.39 is 0 Å². The number of nitrogens with one attached hydrogen (secondary N) is 2. The van der Waals surface area contributed by atoms with Crippen molar-refractivity contribution in [2.75, 3.05) is 5.32 Å². The molecular formula is C19H17ClN5+. The molecule has 2 aromatic heterocycles. The molecule has 0 unspecified atom stereocenters. The van der Waals surface area contributed by atoms with E-state index in [9.17, 15) is 0 Å². The molecule has 0 spiro atoms. The zero-order valence-corrected chi connectivity index (χ0v) is 14.5.